The van der Waals surface area contributed by atoms with Crippen LogP contribution in [-0.4, -0.2) is 18.7 Å². The Bertz CT molecular complexity index is 3600. The van der Waals surface area contributed by atoms with Crippen LogP contribution in [0.15, 0.2) is 170 Å². The van der Waals surface area contributed by atoms with Crippen molar-refractivity contribution < 1.29 is 9.30 Å². The summed E-state index contributed by atoms with van der Waals surface area (Å²) in [5.74, 6) is 2.32. The van der Waals surface area contributed by atoms with Crippen LogP contribution >= 0.6 is 0 Å². The van der Waals surface area contributed by atoms with E-state index in [0.29, 0.717) is 5.75 Å². The zero-order valence-corrected chi connectivity index (χ0v) is 39.3. The van der Waals surface area contributed by atoms with Crippen LogP contribution in [0, 0.1) is 6.33 Å². The molecule has 0 aliphatic heterocycles. The first kappa shape index (κ1) is 41.3. The lowest BCUT2D eigenvalue weighted by molar-refractivity contribution is -0.574. The summed E-state index contributed by atoms with van der Waals surface area (Å²) in [5.41, 5.74) is 13.1. The molecule has 6 nitrogen and oxygen atoms in total. The van der Waals surface area contributed by atoms with Crippen molar-refractivity contribution >= 4 is 54.6 Å². The molecule has 0 unspecified atom stereocenters. The summed E-state index contributed by atoms with van der Waals surface area (Å²) in [4.78, 5) is 5.00. The molecule has 7 aromatic carbocycles. The van der Waals surface area contributed by atoms with E-state index in [4.69, 9.17) is 9.72 Å². The van der Waals surface area contributed by atoms with Crippen LogP contribution in [0.3, 0.4) is 0 Å². The van der Waals surface area contributed by atoms with E-state index in [1.807, 2.05) is 6.20 Å². The number of pyridine rings is 1. The predicted octanol–water partition coefficient (Wildman–Crippen LogP) is 15.0. The molecule has 0 aliphatic carbocycles. The number of hydrogen-bond acceptors (Lipinski definition) is 2. The molecule has 0 radical (unpaired) electrons. The van der Waals surface area contributed by atoms with Crippen molar-refractivity contribution in [3.63, 3.8) is 0 Å². The second-order valence-electron chi connectivity index (χ2n) is 20.8. The minimum absolute atomic E-state index is 0.0496. The third-order valence-corrected chi connectivity index (χ3v) is 13.2. The normalized spacial score (nSPS) is 12.6. The van der Waals surface area contributed by atoms with Gasteiger partial charge >= 0.3 is 0 Å². The van der Waals surface area contributed by atoms with Gasteiger partial charge in [-0.1, -0.05) is 165 Å². The summed E-state index contributed by atoms with van der Waals surface area (Å²) in [6.07, 6.45) is 5.79. The Hall–Kier alpha value is -7.44. The molecular weight excluding hydrogens is 807 g/mol. The average molecular weight is 862 g/mol. The molecule has 326 valence electrons. The Kier molecular flexibility index (Phi) is 9.42. The summed E-state index contributed by atoms with van der Waals surface area (Å²) in [6.45, 7) is 20.5. The van der Waals surface area contributed by atoms with Crippen molar-refractivity contribution in [1.29, 1.82) is 0 Å². The van der Waals surface area contributed by atoms with Gasteiger partial charge in [0, 0.05) is 33.8 Å². The van der Waals surface area contributed by atoms with Crippen LogP contribution in [0.2, 0.25) is 0 Å². The van der Waals surface area contributed by atoms with Gasteiger partial charge in [-0.25, -0.2) is 4.98 Å². The van der Waals surface area contributed by atoms with E-state index < -0.39 is 0 Å². The number of ether oxygens (including phenoxy) is 1. The quantitative estimate of drug-likeness (QED) is 0.123. The Balaban J connectivity index is 1.14. The number of hydrogen-bond donors (Lipinski definition) is 0. The van der Waals surface area contributed by atoms with Crippen LogP contribution in [0.25, 0.3) is 77.5 Å². The summed E-state index contributed by atoms with van der Waals surface area (Å²) in [6, 6.07) is 58.6. The van der Waals surface area contributed by atoms with Crippen LogP contribution in [-0.2, 0) is 16.2 Å². The highest BCUT2D eigenvalue weighted by atomic mass is 16.5. The topological polar surface area (TPSA) is 40.8 Å². The maximum Gasteiger partial charge on any atom is 0.269 e. The lowest BCUT2D eigenvalue weighted by Gasteiger charge is -2.30. The second-order valence-corrected chi connectivity index (χ2v) is 20.8. The van der Waals surface area contributed by atoms with E-state index in [1.54, 1.807) is 0 Å². The zero-order valence-electron chi connectivity index (χ0n) is 39.3. The SMILES string of the molecule is CC(C)(C)c1ccnc(-n2c3ccccc3c3cc(-n4c5ccccc5c5ccccc54)c(Oc4cccc(-n5[c-][n+](-c6c(C(C)(C)C)cccc6C(C)(C)C)c6ccccc65)c4)cc32)c1. The van der Waals surface area contributed by atoms with Crippen molar-refractivity contribution in [2.24, 2.45) is 0 Å². The van der Waals surface area contributed by atoms with Gasteiger partial charge in [-0.05, 0) is 87.5 Å². The standard InChI is InChI=1S/C60H55N5O/c1-58(2,3)39-32-33-61-56(34-39)65-50-29-15-12-24-44(50)45-36-54(64-48-27-13-10-22-42(48)43-23-11-14-28-49(43)64)55(37-53(45)65)66-41-21-18-20-40(35-41)62-38-63(52-31-17-16-30-51(52)62)57-46(59(4,5)6)25-19-26-47(57)60(7,8)9/h10-37H,1-9H3. The predicted molar refractivity (Wildman–Crippen MR) is 273 cm³/mol. The van der Waals surface area contributed by atoms with Crippen LogP contribution in [0.1, 0.15) is 79.0 Å². The Morgan fingerprint density at radius 2 is 1.05 bits per heavy atom. The van der Waals surface area contributed by atoms with Crippen LogP contribution < -0.4 is 9.30 Å². The number of fused-ring (bicyclic) bond motifs is 7. The van der Waals surface area contributed by atoms with Crippen molar-refractivity contribution in [2.45, 2.75) is 78.6 Å². The molecule has 0 amide bonds. The fourth-order valence-electron chi connectivity index (χ4n) is 9.90. The molecule has 0 bridgehead atoms. The first-order valence-electron chi connectivity index (χ1n) is 23.1. The minimum Gasteiger partial charge on any atom is -0.456 e. The first-order valence-corrected chi connectivity index (χ1v) is 23.1. The summed E-state index contributed by atoms with van der Waals surface area (Å²) in [7, 11) is 0. The Labute approximate surface area is 387 Å². The van der Waals surface area contributed by atoms with Crippen LogP contribution in [0.4, 0.5) is 0 Å². The van der Waals surface area contributed by atoms with E-state index in [1.165, 1.54) is 33.2 Å². The summed E-state index contributed by atoms with van der Waals surface area (Å²) >= 11 is 0. The molecule has 4 heterocycles. The maximum atomic E-state index is 7.31. The molecule has 0 spiro atoms. The highest BCUT2D eigenvalue weighted by molar-refractivity contribution is 6.13. The second kappa shape index (κ2) is 15.1. The molecule has 0 aliphatic rings. The molecular formula is C60H55N5O. The highest BCUT2D eigenvalue weighted by Crippen LogP contribution is 2.43. The lowest BCUT2D eigenvalue weighted by Crippen LogP contribution is -2.37. The van der Waals surface area contributed by atoms with Gasteiger partial charge in [0.05, 0.1) is 50.2 Å². The molecule has 0 saturated heterocycles. The van der Waals surface area contributed by atoms with Crippen LogP contribution in [0.5, 0.6) is 11.5 Å². The molecule has 6 heteroatoms. The summed E-state index contributed by atoms with van der Waals surface area (Å²) in [5, 5.41) is 4.65. The van der Waals surface area contributed by atoms with Crippen molar-refractivity contribution in [3.8, 4) is 34.4 Å². The van der Waals surface area contributed by atoms with Gasteiger partial charge in [0.25, 0.3) is 6.33 Å². The molecule has 66 heavy (non-hydrogen) atoms. The van der Waals surface area contributed by atoms with E-state index in [9.17, 15) is 0 Å². The summed E-state index contributed by atoms with van der Waals surface area (Å²) < 4.78 is 16.4. The van der Waals surface area contributed by atoms with Gasteiger partial charge in [0.15, 0.2) is 5.75 Å². The monoisotopic (exact) mass is 861 g/mol. The third-order valence-electron chi connectivity index (χ3n) is 13.2. The molecule has 11 aromatic rings. The van der Waals surface area contributed by atoms with E-state index in [0.717, 1.165) is 66.8 Å². The molecule has 0 saturated carbocycles. The molecule has 11 rings (SSSR count). The zero-order chi connectivity index (χ0) is 45.7. The average Bonchev–Trinajstić information content (AvgIpc) is 3.96. The molecule has 0 atom stereocenters. The number of imidazole rings is 1. The Morgan fingerprint density at radius 1 is 0.485 bits per heavy atom. The number of rotatable bonds is 6. The fraction of sp³-hybridized carbons (Fsp3) is 0.200. The Morgan fingerprint density at radius 3 is 1.67 bits per heavy atom. The molecule has 0 fully saturated rings. The molecule has 4 aromatic heterocycles. The minimum atomic E-state index is -0.0965. The van der Waals surface area contributed by atoms with Gasteiger partial charge in [0.2, 0.25) is 0 Å². The van der Waals surface area contributed by atoms with Gasteiger partial charge < -0.3 is 9.30 Å². The van der Waals surface area contributed by atoms with Gasteiger partial charge in [-0.3, -0.25) is 13.7 Å². The smallest absolute Gasteiger partial charge is 0.269 e. The highest BCUT2D eigenvalue weighted by Gasteiger charge is 2.29. The number of nitrogens with zero attached hydrogens (tertiary/aromatic N) is 5. The fourth-order valence-corrected chi connectivity index (χ4v) is 9.90. The molecule has 0 N–H and O–H groups in total. The lowest BCUT2D eigenvalue weighted by atomic mass is 9.78. The van der Waals surface area contributed by atoms with E-state index in [-0.39, 0.29) is 16.2 Å². The van der Waals surface area contributed by atoms with Gasteiger partial charge in [-0.15, -0.1) is 0 Å². The van der Waals surface area contributed by atoms with Crippen molar-refractivity contribution in [3.05, 3.63) is 193 Å². The van der Waals surface area contributed by atoms with E-state index in [2.05, 4.69) is 251 Å². The van der Waals surface area contributed by atoms with Gasteiger partial charge in [0.1, 0.15) is 11.6 Å². The number of aromatic nitrogens is 5. The third kappa shape index (κ3) is 6.77. The van der Waals surface area contributed by atoms with Crippen molar-refractivity contribution in [1.82, 2.24) is 18.7 Å². The van der Waals surface area contributed by atoms with E-state index >= 15 is 0 Å². The maximum absolute atomic E-state index is 7.31. The number of benzene rings is 7. The number of para-hydroxylation sites is 6. The van der Waals surface area contributed by atoms with Gasteiger partial charge in [-0.2, -0.15) is 0 Å². The first-order chi connectivity index (χ1) is 31.6. The van der Waals surface area contributed by atoms with Crippen molar-refractivity contribution in [2.75, 3.05) is 0 Å². The largest absolute Gasteiger partial charge is 0.456 e.